The molecule has 0 saturated carbocycles. The van der Waals surface area contributed by atoms with E-state index in [0.29, 0.717) is 0 Å². The Morgan fingerprint density at radius 2 is 2.00 bits per heavy atom. The Balaban J connectivity index is 3.22. The Morgan fingerprint density at radius 1 is 1.43 bits per heavy atom. The maximum absolute atomic E-state index is 13.6. The summed E-state index contributed by atoms with van der Waals surface area (Å²) >= 11 is 0. The van der Waals surface area contributed by atoms with Gasteiger partial charge >= 0.3 is 5.97 Å². The van der Waals surface area contributed by atoms with Gasteiger partial charge in [0.2, 0.25) is 0 Å². The molecule has 0 aliphatic rings. The van der Waals surface area contributed by atoms with Crippen molar-refractivity contribution in [3.05, 3.63) is 29.1 Å². The first-order chi connectivity index (χ1) is 9.50. The molecule has 0 aliphatic carbocycles. The molecule has 1 N–H and O–H groups in total. The third kappa shape index (κ3) is 4.02. The van der Waals surface area contributed by atoms with Crippen molar-refractivity contribution in [2.75, 3.05) is 5.75 Å². The highest BCUT2D eigenvalue weighted by Gasteiger charge is 2.25. The predicted octanol–water partition coefficient (Wildman–Crippen LogP) is 2.55. The van der Waals surface area contributed by atoms with Crippen LogP contribution in [-0.4, -0.2) is 25.2 Å². The van der Waals surface area contributed by atoms with Gasteiger partial charge in [-0.05, 0) is 44.9 Å². The maximum atomic E-state index is 13.6. The Labute approximate surface area is 122 Å². The molecule has 0 spiro atoms. The van der Waals surface area contributed by atoms with Gasteiger partial charge in [0, 0.05) is 0 Å². The normalized spacial score (nSPS) is 12.0. The molecule has 0 heterocycles. The van der Waals surface area contributed by atoms with Gasteiger partial charge in [0.1, 0.15) is 5.82 Å². The van der Waals surface area contributed by atoms with E-state index in [9.17, 15) is 17.6 Å². The van der Waals surface area contributed by atoms with E-state index in [4.69, 9.17) is 10.4 Å². The summed E-state index contributed by atoms with van der Waals surface area (Å²) < 4.78 is 38.0. The lowest BCUT2D eigenvalue weighted by Gasteiger charge is -2.15. The highest BCUT2D eigenvalue weighted by Crippen LogP contribution is 2.25. The number of hydrogen-bond acceptors (Lipinski definition) is 4. The largest absolute Gasteiger partial charge is 0.478 e. The second kappa shape index (κ2) is 5.82. The lowest BCUT2D eigenvalue weighted by Crippen LogP contribution is -2.17. The number of carboxylic acid groups (broad SMARTS) is 1. The van der Waals surface area contributed by atoms with Gasteiger partial charge in [-0.15, -0.1) is 0 Å². The molecule has 7 heteroatoms. The molecule has 0 saturated heterocycles. The number of carbonyl (C=O) groups is 1. The topological polar surface area (TPSA) is 95.2 Å². The number of nitrogens with zero attached hydrogens (tertiary/aromatic N) is 1. The van der Waals surface area contributed by atoms with Crippen LogP contribution in [0.5, 0.6) is 0 Å². The Kier molecular flexibility index (Phi) is 4.74. The summed E-state index contributed by atoms with van der Waals surface area (Å²) in [5, 5.41) is 17.8. The standard InChI is InChI=1S/C14H16FNO4S/c1-9-6-10(7-11(12(9)15)13(17)18)21(19,20)5-4-14(2,3)8-16/h6-7H,4-5H2,1-3H3,(H,17,18). The summed E-state index contributed by atoms with van der Waals surface area (Å²) in [6, 6.07) is 3.92. The fourth-order valence-corrected chi connectivity index (χ4v) is 3.30. The molecule has 0 aliphatic heterocycles. The van der Waals surface area contributed by atoms with Crippen molar-refractivity contribution in [2.24, 2.45) is 5.41 Å². The average molecular weight is 313 g/mol. The van der Waals surface area contributed by atoms with Gasteiger partial charge in [-0.3, -0.25) is 0 Å². The molecule has 0 atom stereocenters. The number of aromatic carboxylic acids is 1. The minimum absolute atomic E-state index is 0.0481. The van der Waals surface area contributed by atoms with Crippen molar-refractivity contribution >= 4 is 15.8 Å². The van der Waals surface area contributed by atoms with Crippen LogP contribution in [0.4, 0.5) is 4.39 Å². The van der Waals surface area contributed by atoms with E-state index in [1.807, 2.05) is 6.07 Å². The van der Waals surface area contributed by atoms with E-state index in [0.717, 1.165) is 12.1 Å². The van der Waals surface area contributed by atoms with Crippen molar-refractivity contribution in [3.8, 4) is 6.07 Å². The number of nitriles is 1. The van der Waals surface area contributed by atoms with E-state index < -0.39 is 32.6 Å². The zero-order valence-electron chi connectivity index (χ0n) is 12.0. The van der Waals surface area contributed by atoms with Gasteiger partial charge in [0.05, 0.1) is 27.7 Å². The minimum atomic E-state index is -3.78. The highest BCUT2D eigenvalue weighted by atomic mass is 32.2. The van der Waals surface area contributed by atoms with Gasteiger partial charge in [0.25, 0.3) is 0 Å². The first kappa shape index (κ1) is 17.1. The number of aryl methyl sites for hydroxylation is 1. The van der Waals surface area contributed by atoms with E-state index in [1.54, 1.807) is 13.8 Å². The molecule has 1 aromatic carbocycles. The number of sulfone groups is 1. The summed E-state index contributed by atoms with van der Waals surface area (Å²) in [5.74, 6) is -2.78. The van der Waals surface area contributed by atoms with E-state index in [1.165, 1.54) is 6.92 Å². The SMILES string of the molecule is Cc1cc(S(=O)(=O)CCC(C)(C)C#N)cc(C(=O)O)c1F. The van der Waals surface area contributed by atoms with Crippen LogP contribution in [-0.2, 0) is 9.84 Å². The number of benzene rings is 1. The second-order valence-corrected chi connectivity index (χ2v) is 7.58. The van der Waals surface area contributed by atoms with Crippen molar-refractivity contribution in [1.29, 1.82) is 5.26 Å². The first-order valence-corrected chi connectivity index (χ1v) is 7.83. The van der Waals surface area contributed by atoms with E-state index in [2.05, 4.69) is 0 Å². The van der Waals surface area contributed by atoms with Crippen LogP contribution in [0.1, 0.15) is 36.2 Å². The molecule has 0 radical (unpaired) electrons. The Morgan fingerprint density at radius 3 is 2.48 bits per heavy atom. The zero-order valence-corrected chi connectivity index (χ0v) is 12.8. The third-order valence-corrected chi connectivity index (χ3v) is 4.81. The summed E-state index contributed by atoms with van der Waals surface area (Å²) in [7, 11) is -3.78. The van der Waals surface area contributed by atoms with Crippen LogP contribution < -0.4 is 0 Å². The van der Waals surface area contributed by atoms with Crippen LogP contribution in [0.2, 0.25) is 0 Å². The van der Waals surface area contributed by atoms with Gasteiger partial charge in [-0.25, -0.2) is 17.6 Å². The Bertz CT molecular complexity index is 717. The molecular weight excluding hydrogens is 297 g/mol. The van der Waals surface area contributed by atoms with Crippen LogP contribution in [0.3, 0.4) is 0 Å². The fraction of sp³-hybridized carbons (Fsp3) is 0.429. The smallest absolute Gasteiger partial charge is 0.338 e. The molecule has 114 valence electrons. The Hall–Kier alpha value is -1.94. The zero-order chi connectivity index (χ0) is 16.4. The lowest BCUT2D eigenvalue weighted by molar-refractivity contribution is 0.0691. The van der Waals surface area contributed by atoms with Crippen molar-refractivity contribution in [2.45, 2.75) is 32.1 Å². The van der Waals surface area contributed by atoms with Gasteiger partial charge in [-0.1, -0.05) is 0 Å². The van der Waals surface area contributed by atoms with Gasteiger partial charge in [0.15, 0.2) is 9.84 Å². The molecule has 0 amide bonds. The van der Waals surface area contributed by atoms with E-state index >= 15 is 0 Å². The molecule has 1 rings (SSSR count). The molecule has 5 nitrogen and oxygen atoms in total. The third-order valence-electron chi connectivity index (χ3n) is 3.12. The van der Waals surface area contributed by atoms with E-state index in [-0.39, 0.29) is 22.6 Å². The molecular formula is C14H16FNO4S. The van der Waals surface area contributed by atoms with Crippen LogP contribution >= 0.6 is 0 Å². The molecule has 21 heavy (non-hydrogen) atoms. The van der Waals surface area contributed by atoms with Crippen molar-refractivity contribution in [3.63, 3.8) is 0 Å². The molecule has 0 aromatic heterocycles. The number of hydrogen-bond donors (Lipinski definition) is 1. The van der Waals surface area contributed by atoms with Crippen LogP contribution in [0.15, 0.2) is 17.0 Å². The highest BCUT2D eigenvalue weighted by molar-refractivity contribution is 7.91. The summed E-state index contributed by atoms with van der Waals surface area (Å²) in [6.07, 6.45) is 0.102. The summed E-state index contributed by atoms with van der Waals surface area (Å²) in [6.45, 7) is 4.53. The number of rotatable bonds is 5. The van der Waals surface area contributed by atoms with Gasteiger partial charge < -0.3 is 5.11 Å². The number of halogens is 1. The second-order valence-electron chi connectivity index (χ2n) is 5.47. The average Bonchev–Trinajstić information content (AvgIpc) is 2.39. The summed E-state index contributed by atoms with van der Waals surface area (Å²) in [5.41, 5.74) is -1.53. The monoisotopic (exact) mass is 313 g/mol. The van der Waals surface area contributed by atoms with Crippen LogP contribution in [0, 0.1) is 29.5 Å². The minimum Gasteiger partial charge on any atom is -0.478 e. The molecule has 0 unspecified atom stereocenters. The van der Waals surface area contributed by atoms with Crippen molar-refractivity contribution < 1.29 is 22.7 Å². The lowest BCUT2D eigenvalue weighted by atomic mass is 9.93. The maximum Gasteiger partial charge on any atom is 0.338 e. The fourth-order valence-electron chi connectivity index (χ4n) is 1.63. The first-order valence-electron chi connectivity index (χ1n) is 6.17. The summed E-state index contributed by atoms with van der Waals surface area (Å²) in [4.78, 5) is 10.7. The predicted molar refractivity (Wildman–Crippen MR) is 74.2 cm³/mol. The van der Waals surface area contributed by atoms with Gasteiger partial charge in [-0.2, -0.15) is 5.26 Å². The quantitative estimate of drug-likeness (QED) is 0.843. The molecule has 0 bridgehead atoms. The number of carboxylic acids is 1. The van der Waals surface area contributed by atoms with Crippen LogP contribution in [0.25, 0.3) is 0 Å². The molecule has 1 aromatic rings. The molecule has 0 fully saturated rings. The van der Waals surface area contributed by atoms with Crippen molar-refractivity contribution in [1.82, 2.24) is 0 Å².